The van der Waals surface area contributed by atoms with Crippen molar-refractivity contribution in [2.45, 2.75) is 13.3 Å². The van der Waals surface area contributed by atoms with Crippen molar-refractivity contribution >= 4 is 23.3 Å². The number of esters is 2. The van der Waals surface area contributed by atoms with Crippen molar-refractivity contribution in [3.05, 3.63) is 35.9 Å². The Hall–Kier alpha value is -2.50. The normalized spacial score (nSPS) is 9.85. The summed E-state index contributed by atoms with van der Waals surface area (Å²) in [5.74, 6) is -1.06. The number of hydrogen-bond acceptors (Lipinski definition) is 6. The van der Waals surface area contributed by atoms with Crippen LogP contribution >= 0.6 is 0 Å². The number of anilines is 2. The lowest BCUT2D eigenvalue weighted by molar-refractivity contribution is -0.139. The Morgan fingerprint density at radius 3 is 2.25 bits per heavy atom. The first-order valence-electron chi connectivity index (χ1n) is 6.07. The largest absolute Gasteiger partial charge is 0.462 e. The van der Waals surface area contributed by atoms with Gasteiger partial charge < -0.3 is 20.9 Å². The Balaban J connectivity index is 2.38. The summed E-state index contributed by atoms with van der Waals surface area (Å²) in [6, 6.07) is 4.79. The molecule has 6 heteroatoms. The van der Waals surface area contributed by atoms with Gasteiger partial charge in [0.2, 0.25) is 0 Å². The lowest BCUT2D eigenvalue weighted by atomic mass is 10.1. The number of rotatable bonds is 6. The monoisotopic (exact) mass is 278 g/mol. The highest BCUT2D eigenvalue weighted by atomic mass is 16.5. The molecule has 0 bridgehead atoms. The average molecular weight is 278 g/mol. The molecule has 0 atom stereocenters. The minimum Gasteiger partial charge on any atom is -0.462 e. The van der Waals surface area contributed by atoms with Crippen LogP contribution in [0.15, 0.2) is 30.4 Å². The molecule has 0 heterocycles. The van der Waals surface area contributed by atoms with Crippen molar-refractivity contribution in [3.63, 3.8) is 0 Å². The molecule has 1 aromatic carbocycles. The second-order valence-corrected chi connectivity index (χ2v) is 4.22. The standard InChI is InChI=1S/C14H18N2O4/c1-9(2)13(17)19-7-4-8-20-14(18)12-10(15)5-3-6-11(12)16/h3,5-6H,1,4,7-8,15-16H2,2H3. The van der Waals surface area contributed by atoms with E-state index in [1.54, 1.807) is 25.1 Å². The summed E-state index contributed by atoms with van der Waals surface area (Å²) in [6.45, 7) is 5.27. The fraction of sp³-hybridized carbons (Fsp3) is 0.286. The van der Waals surface area contributed by atoms with Gasteiger partial charge in [0.1, 0.15) is 5.56 Å². The Labute approximate surface area is 117 Å². The molecule has 0 saturated heterocycles. The Kier molecular flexibility index (Phi) is 5.58. The highest BCUT2D eigenvalue weighted by Crippen LogP contribution is 2.19. The van der Waals surface area contributed by atoms with Gasteiger partial charge in [-0.3, -0.25) is 0 Å². The molecule has 0 amide bonds. The number of hydrogen-bond donors (Lipinski definition) is 2. The van der Waals surface area contributed by atoms with Crippen molar-refractivity contribution in [2.75, 3.05) is 24.7 Å². The molecule has 0 radical (unpaired) electrons. The van der Waals surface area contributed by atoms with Crippen LogP contribution in [-0.2, 0) is 14.3 Å². The maximum absolute atomic E-state index is 11.8. The van der Waals surface area contributed by atoms with Gasteiger partial charge in [-0.25, -0.2) is 9.59 Å². The van der Waals surface area contributed by atoms with Crippen molar-refractivity contribution in [3.8, 4) is 0 Å². The van der Waals surface area contributed by atoms with E-state index in [1.165, 1.54) is 0 Å². The van der Waals surface area contributed by atoms with Gasteiger partial charge in [0.05, 0.1) is 13.2 Å². The molecule has 0 aliphatic carbocycles. The van der Waals surface area contributed by atoms with Crippen LogP contribution in [0.5, 0.6) is 0 Å². The molecule has 0 unspecified atom stereocenters. The molecule has 4 N–H and O–H groups in total. The average Bonchev–Trinajstić information content (AvgIpc) is 2.37. The summed E-state index contributed by atoms with van der Waals surface area (Å²) in [5.41, 5.74) is 12.4. The van der Waals surface area contributed by atoms with E-state index in [2.05, 4.69) is 6.58 Å². The molecule has 0 saturated carbocycles. The second kappa shape index (κ2) is 7.18. The molecule has 1 aromatic rings. The van der Waals surface area contributed by atoms with Gasteiger partial charge in [-0.2, -0.15) is 0 Å². The van der Waals surface area contributed by atoms with Gasteiger partial charge in [0.25, 0.3) is 0 Å². The molecule has 0 aromatic heterocycles. The predicted octanol–water partition coefficient (Wildman–Crippen LogP) is 1.52. The first kappa shape index (κ1) is 15.6. The Bertz CT molecular complexity index is 506. The third-order valence-corrected chi connectivity index (χ3v) is 2.44. The molecule has 0 aliphatic rings. The van der Waals surface area contributed by atoms with Gasteiger partial charge in [-0.15, -0.1) is 0 Å². The highest BCUT2D eigenvalue weighted by Gasteiger charge is 2.14. The highest BCUT2D eigenvalue weighted by molar-refractivity contribution is 6.00. The summed E-state index contributed by atoms with van der Waals surface area (Å²) < 4.78 is 9.88. The zero-order valence-corrected chi connectivity index (χ0v) is 11.3. The summed E-state index contributed by atoms with van der Waals surface area (Å²) >= 11 is 0. The van der Waals surface area contributed by atoms with E-state index >= 15 is 0 Å². The fourth-order valence-electron chi connectivity index (χ4n) is 1.41. The number of benzene rings is 1. The zero-order chi connectivity index (χ0) is 15.1. The van der Waals surface area contributed by atoms with Crippen molar-refractivity contribution < 1.29 is 19.1 Å². The molecular formula is C14H18N2O4. The van der Waals surface area contributed by atoms with Crippen molar-refractivity contribution in [2.24, 2.45) is 0 Å². The summed E-state index contributed by atoms with van der Waals surface area (Å²) in [7, 11) is 0. The van der Waals surface area contributed by atoms with E-state index in [0.717, 1.165) is 0 Å². The number of carbonyl (C=O) groups is 2. The van der Waals surface area contributed by atoms with E-state index in [0.29, 0.717) is 12.0 Å². The van der Waals surface area contributed by atoms with Crippen LogP contribution in [-0.4, -0.2) is 25.2 Å². The lowest BCUT2D eigenvalue weighted by Crippen LogP contribution is -2.13. The second-order valence-electron chi connectivity index (χ2n) is 4.22. The van der Waals surface area contributed by atoms with Crippen molar-refractivity contribution in [1.29, 1.82) is 0 Å². The van der Waals surface area contributed by atoms with Gasteiger partial charge in [-0.05, 0) is 19.1 Å². The molecular weight excluding hydrogens is 260 g/mol. The number of ether oxygens (including phenoxy) is 2. The Morgan fingerprint density at radius 1 is 1.15 bits per heavy atom. The summed E-state index contributed by atoms with van der Waals surface area (Å²) in [6.07, 6.45) is 0.386. The quantitative estimate of drug-likeness (QED) is 0.354. The molecule has 1 rings (SSSR count). The SMILES string of the molecule is C=C(C)C(=O)OCCCOC(=O)c1c(N)cccc1N. The maximum atomic E-state index is 11.8. The minimum atomic E-state index is -0.591. The van der Waals surface area contributed by atoms with E-state index < -0.39 is 11.9 Å². The van der Waals surface area contributed by atoms with Crippen LogP contribution in [0.3, 0.4) is 0 Å². The lowest BCUT2D eigenvalue weighted by Gasteiger charge is -2.09. The van der Waals surface area contributed by atoms with Crippen molar-refractivity contribution in [1.82, 2.24) is 0 Å². The maximum Gasteiger partial charge on any atom is 0.342 e. The van der Waals surface area contributed by atoms with Gasteiger partial charge in [-0.1, -0.05) is 12.6 Å². The number of nitrogen functional groups attached to an aromatic ring is 2. The van der Waals surface area contributed by atoms with Crippen LogP contribution in [0.1, 0.15) is 23.7 Å². The molecule has 6 nitrogen and oxygen atoms in total. The predicted molar refractivity (Wildman–Crippen MR) is 75.9 cm³/mol. The first-order chi connectivity index (χ1) is 9.43. The molecule has 0 spiro atoms. The fourth-order valence-corrected chi connectivity index (χ4v) is 1.41. The van der Waals surface area contributed by atoms with Gasteiger partial charge in [0, 0.05) is 23.4 Å². The van der Waals surface area contributed by atoms with Gasteiger partial charge in [0.15, 0.2) is 0 Å². The zero-order valence-electron chi connectivity index (χ0n) is 11.3. The third-order valence-electron chi connectivity index (χ3n) is 2.44. The molecule has 0 aliphatic heterocycles. The van der Waals surface area contributed by atoms with Crippen LogP contribution in [0.25, 0.3) is 0 Å². The van der Waals surface area contributed by atoms with Crippen LogP contribution < -0.4 is 11.5 Å². The first-order valence-corrected chi connectivity index (χ1v) is 6.07. The molecule has 0 fully saturated rings. The smallest absolute Gasteiger partial charge is 0.342 e. The minimum absolute atomic E-state index is 0.107. The van der Waals surface area contributed by atoms with Crippen LogP contribution in [0.4, 0.5) is 11.4 Å². The third kappa shape index (κ3) is 4.31. The molecule has 108 valence electrons. The van der Waals surface area contributed by atoms with E-state index in [4.69, 9.17) is 20.9 Å². The molecule has 20 heavy (non-hydrogen) atoms. The number of nitrogens with two attached hydrogens (primary N) is 2. The summed E-state index contributed by atoms with van der Waals surface area (Å²) in [4.78, 5) is 22.9. The van der Waals surface area contributed by atoms with Gasteiger partial charge >= 0.3 is 11.9 Å². The topological polar surface area (TPSA) is 105 Å². The van der Waals surface area contributed by atoms with E-state index in [1.807, 2.05) is 0 Å². The Morgan fingerprint density at radius 2 is 1.70 bits per heavy atom. The number of carbonyl (C=O) groups excluding carboxylic acids is 2. The van der Waals surface area contributed by atoms with Crippen LogP contribution in [0.2, 0.25) is 0 Å². The summed E-state index contributed by atoms with van der Waals surface area (Å²) in [5, 5.41) is 0. The van der Waals surface area contributed by atoms with E-state index in [-0.39, 0.29) is 30.2 Å². The van der Waals surface area contributed by atoms with E-state index in [9.17, 15) is 9.59 Å². The van der Waals surface area contributed by atoms with Crippen LogP contribution in [0, 0.1) is 0 Å².